The van der Waals surface area contributed by atoms with Gasteiger partial charge in [0, 0.05) is 12.6 Å². The van der Waals surface area contributed by atoms with E-state index in [-0.39, 0.29) is 18.6 Å². The molecule has 1 fully saturated rings. The van der Waals surface area contributed by atoms with E-state index in [9.17, 15) is 8.42 Å². The van der Waals surface area contributed by atoms with Gasteiger partial charge in [-0.1, -0.05) is 0 Å². The summed E-state index contributed by atoms with van der Waals surface area (Å²) in [7, 11) is -3.56. The lowest BCUT2D eigenvalue weighted by molar-refractivity contribution is 0.273. The molecule has 0 aromatic heterocycles. The number of nitrogens with two attached hydrogens (primary N) is 1. The molecule has 6 heteroatoms. The summed E-state index contributed by atoms with van der Waals surface area (Å²) in [5.41, 5.74) is 0. The minimum Gasteiger partial charge on any atom is -0.396 e. The number of hydrogen-bond donors (Lipinski definition) is 3. The van der Waals surface area contributed by atoms with Gasteiger partial charge in [0.2, 0.25) is 0 Å². The van der Waals surface area contributed by atoms with Gasteiger partial charge >= 0.3 is 0 Å². The summed E-state index contributed by atoms with van der Waals surface area (Å²) in [6, 6.07) is -0.139. The third-order valence-electron chi connectivity index (χ3n) is 1.47. The van der Waals surface area contributed by atoms with Crippen molar-refractivity contribution in [1.82, 2.24) is 4.72 Å². The summed E-state index contributed by atoms with van der Waals surface area (Å²) in [6.45, 7) is 0.0210. The second kappa shape index (κ2) is 2.46. The minimum atomic E-state index is -3.56. The molecule has 4 N–H and O–H groups in total. The van der Waals surface area contributed by atoms with Crippen molar-refractivity contribution >= 4 is 10.2 Å². The molecular formula is C4H10N2O3S. The maximum atomic E-state index is 10.3. The van der Waals surface area contributed by atoms with Crippen LogP contribution in [0, 0.1) is 5.92 Å². The van der Waals surface area contributed by atoms with Crippen LogP contribution in [0.2, 0.25) is 0 Å². The maximum absolute atomic E-state index is 10.3. The monoisotopic (exact) mass is 166 g/mol. The number of aliphatic hydroxyl groups is 1. The van der Waals surface area contributed by atoms with E-state index in [2.05, 4.69) is 9.86 Å². The minimum absolute atomic E-state index is 0.0210. The molecule has 0 bridgehead atoms. The van der Waals surface area contributed by atoms with Gasteiger partial charge < -0.3 is 5.11 Å². The molecule has 0 aromatic carbocycles. The van der Waals surface area contributed by atoms with Crippen LogP contribution in [0.4, 0.5) is 0 Å². The summed E-state index contributed by atoms with van der Waals surface area (Å²) in [4.78, 5) is 0. The average Bonchev–Trinajstić information content (AvgIpc) is 2.42. The predicted molar refractivity (Wildman–Crippen MR) is 35.2 cm³/mol. The first-order valence-corrected chi connectivity index (χ1v) is 4.48. The van der Waals surface area contributed by atoms with E-state index >= 15 is 0 Å². The Morgan fingerprint density at radius 2 is 2.30 bits per heavy atom. The molecule has 1 rings (SSSR count). The second-order valence-corrected chi connectivity index (χ2v) is 3.77. The zero-order chi connectivity index (χ0) is 7.78. The third kappa shape index (κ3) is 2.22. The Morgan fingerprint density at radius 1 is 1.70 bits per heavy atom. The Labute approximate surface area is 59.4 Å². The van der Waals surface area contributed by atoms with Crippen molar-refractivity contribution in [3.63, 3.8) is 0 Å². The smallest absolute Gasteiger partial charge is 0.274 e. The maximum Gasteiger partial charge on any atom is 0.274 e. The van der Waals surface area contributed by atoms with Crippen LogP contribution in [-0.2, 0) is 10.2 Å². The molecule has 2 atom stereocenters. The van der Waals surface area contributed by atoms with Crippen molar-refractivity contribution < 1.29 is 13.5 Å². The van der Waals surface area contributed by atoms with Crippen LogP contribution in [-0.4, -0.2) is 26.2 Å². The highest BCUT2D eigenvalue weighted by atomic mass is 32.2. The summed E-state index contributed by atoms with van der Waals surface area (Å²) in [5, 5.41) is 13.2. The van der Waals surface area contributed by atoms with Crippen molar-refractivity contribution in [3.8, 4) is 0 Å². The number of rotatable bonds is 3. The van der Waals surface area contributed by atoms with Crippen LogP contribution in [0.15, 0.2) is 0 Å². The Hall–Kier alpha value is -0.170. The first kappa shape index (κ1) is 7.93. The molecule has 0 saturated heterocycles. The molecule has 1 aliphatic rings. The fourth-order valence-corrected chi connectivity index (χ4v) is 1.52. The summed E-state index contributed by atoms with van der Waals surface area (Å²) >= 11 is 0. The standard InChI is InChI=1S/C4H10N2O3S/c5-10(8,9)6-4-1-3(4)2-7/h3-4,6-7H,1-2H2,(H2,5,8,9)/t3-,4+/m0/s1. The van der Waals surface area contributed by atoms with Crippen LogP contribution in [0.3, 0.4) is 0 Å². The summed E-state index contributed by atoms with van der Waals surface area (Å²) in [6.07, 6.45) is 0.687. The van der Waals surface area contributed by atoms with E-state index in [0.717, 1.165) is 0 Å². The predicted octanol–water partition coefficient (Wildman–Crippen LogP) is -1.84. The van der Waals surface area contributed by atoms with Crippen LogP contribution >= 0.6 is 0 Å². The molecule has 1 aliphatic carbocycles. The molecule has 0 spiro atoms. The van der Waals surface area contributed by atoms with Crippen molar-refractivity contribution in [2.45, 2.75) is 12.5 Å². The van der Waals surface area contributed by atoms with Gasteiger partial charge in [-0.3, -0.25) is 0 Å². The van der Waals surface area contributed by atoms with E-state index < -0.39 is 10.2 Å². The fraction of sp³-hybridized carbons (Fsp3) is 1.00. The molecule has 5 nitrogen and oxygen atoms in total. The number of aliphatic hydroxyl groups excluding tert-OH is 1. The van der Waals surface area contributed by atoms with Gasteiger partial charge in [0.15, 0.2) is 0 Å². The van der Waals surface area contributed by atoms with E-state index in [4.69, 9.17) is 5.11 Å². The van der Waals surface area contributed by atoms with Gasteiger partial charge in [0.1, 0.15) is 0 Å². The highest BCUT2D eigenvalue weighted by molar-refractivity contribution is 7.87. The molecule has 0 unspecified atom stereocenters. The van der Waals surface area contributed by atoms with Crippen LogP contribution < -0.4 is 9.86 Å². The first-order chi connectivity index (χ1) is 4.53. The van der Waals surface area contributed by atoms with Gasteiger partial charge in [-0.15, -0.1) is 0 Å². The zero-order valence-electron chi connectivity index (χ0n) is 5.32. The third-order valence-corrected chi connectivity index (χ3v) is 2.10. The molecule has 60 valence electrons. The van der Waals surface area contributed by atoms with Crippen LogP contribution in [0.25, 0.3) is 0 Å². The largest absolute Gasteiger partial charge is 0.396 e. The number of nitrogens with one attached hydrogen (secondary N) is 1. The quantitative estimate of drug-likeness (QED) is 0.460. The summed E-state index contributed by atoms with van der Waals surface area (Å²) < 4.78 is 22.8. The Kier molecular flexibility index (Phi) is 1.95. The lowest BCUT2D eigenvalue weighted by Crippen LogP contribution is -2.33. The van der Waals surface area contributed by atoms with Crippen molar-refractivity contribution in [2.75, 3.05) is 6.61 Å². The lowest BCUT2D eigenvalue weighted by Gasteiger charge is -1.97. The van der Waals surface area contributed by atoms with Crippen LogP contribution in [0.1, 0.15) is 6.42 Å². The molecule has 0 heterocycles. The van der Waals surface area contributed by atoms with Gasteiger partial charge in [0.05, 0.1) is 0 Å². The van der Waals surface area contributed by atoms with E-state index in [1.165, 1.54) is 0 Å². The highest BCUT2D eigenvalue weighted by Crippen LogP contribution is 2.29. The Bertz CT molecular complexity index is 213. The molecular weight excluding hydrogens is 156 g/mol. The zero-order valence-corrected chi connectivity index (χ0v) is 6.13. The van der Waals surface area contributed by atoms with E-state index in [1.807, 2.05) is 0 Å². The molecule has 1 saturated carbocycles. The van der Waals surface area contributed by atoms with Gasteiger partial charge in [-0.2, -0.15) is 13.1 Å². The van der Waals surface area contributed by atoms with E-state index in [1.54, 1.807) is 0 Å². The van der Waals surface area contributed by atoms with Crippen molar-refractivity contribution in [3.05, 3.63) is 0 Å². The average molecular weight is 166 g/mol. The topological polar surface area (TPSA) is 92.4 Å². The second-order valence-electron chi connectivity index (χ2n) is 2.45. The van der Waals surface area contributed by atoms with Gasteiger partial charge in [-0.25, -0.2) is 5.14 Å². The lowest BCUT2D eigenvalue weighted by atomic mass is 10.4. The van der Waals surface area contributed by atoms with Crippen LogP contribution in [0.5, 0.6) is 0 Å². The Morgan fingerprint density at radius 3 is 2.60 bits per heavy atom. The fourth-order valence-electron chi connectivity index (χ4n) is 0.805. The SMILES string of the molecule is NS(=O)(=O)N[C@@H]1C[C@H]1CO. The van der Waals surface area contributed by atoms with Crippen molar-refractivity contribution in [2.24, 2.45) is 11.1 Å². The molecule has 0 aliphatic heterocycles. The normalized spacial score (nSPS) is 32.2. The molecule has 0 radical (unpaired) electrons. The summed E-state index contributed by atoms with van der Waals surface area (Å²) in [5.74, 6) is 0.0679. The van der Waals surface area contributed by atoms with Gasteiger partial charge in [0.25, 0.3) is 10.2 Å². The van der Waals surface area contributed by atoms with Crippen molar-refractivity contribution in [1.29, 1.82) is 0 Å². The molecule has 0 amide bonds. The van der Waals surface area contributed by atoms with E-state index in [0.29, 0.717) is 6.42 Å². The highest BCUT2D eigenvalue weighted by Gasteiger charge is 2.38. The van der Waals surface area contributed by atoms with Gasteiger partial charge in [-0.05, 0) is 12.3 Å². The molecule has 10 heavy (non-hydrogen) atoms. The molecule has 0 aromatic rings. The number of hydrogen-bond acceptors (Lipinski definition) is 3. The Balaban J connectivity index is 2.31. The first-order valence-electron chi connectivity index (χ1n) is 2.94.